The molecule has 2 heteroatoms. The van der Waals surface area contributed by atoms with E-state index in [0.29, 0.717) is 22.3 Å². The second kappa shape index (κ2) is 6.78. The van der Waals surface area contributed by atoms with Crippen LogP contribution in [0.25, 0.3) is 0 Å². The molecule has 1 nitrogen and oxygen atoms in total. The maximum atomic E-state index is 5.39. The first-order chi connectivity index (χ1) is 9.34. The molecule has 0 amide bonds. The zero-order valence-electron chi connectivity index (χ0n) is 13.5. The molecule has 1 aromatic rings. The molecule has 0 bridgehead atoms. The molecule has 0 aromatic carbocycles. The Kier molecular flexibility index (Phi) is 5.60. The summed E-state index contributed by atoms with van der Waals surface area (Å²) in [7, 11) is -1.69. The Morgan fingerprint density at radius 2 is 1.45 bits per heavy atom. The summed E-state index contributed by atoms with van der Waals surface area (Å²) < 4.78 is 0. The van der Waals surface area contributed by atoms with Gasteiger partial charge in [-0.25, -0.2) is 4.98 Å². The fourth-order valence-electron chi connectivity index (χ4n) is 3.19. The van der Waals surface area contributed by atoms with Crippen molar-refractivity contribution in [2.24, 2.45) is 0 Å². The highest BCUT2D eigenvalue weighted by Gasteiger charge is 2.41. The van der Waals surface area contributed by atoms with E-state index in [2.05, 4.69) is 63.9 Å². The smallest absolute Gasteiger partial charge is 0.146 e. The van der Waals surface area contributed by atoms with Gasteiger partial charge in [-0.2, -0.15) is 0 Å². The SMILES string of the molecule is C#Cc1cccc(C#C[Si](C(C)C)(C(C)C)C(C)C)n1. The van der Waals surface area contributed by atoms with E-state index < -0.39 is 8.07 Å². The highest BCUT2D eigenvalue weighted by molar-refractivity contribution is 6.90. The van der Waals surface area contributed by atoms with Gasteiger partial charge in [-0.3, -0.25) is 0 Å². The fraction of sp³-hybridized carbons (Fsp3) is 0.500. The molecule has 0 saturated carbocycles. The van der Waals surface area contributed by atoms with Crippen molar-refractivity contribution in [3.05, 3.63) is 29.6 Å². The summed E-state index contributed by atoms with van der Waals surface area (Å²) in [6.45, 7) is 13.9. The fourth-order valence-corrected chi connectivity index (χ4v) is 8.40. The van der Waals surface area contributed by atoms with Crippen LogP contribution in [0.1, 0.15) is 52.9 Å². The number of nitrogens with zero attached hydrogens (tertiary/aromatic N) is 1. The first-order valence-corrected chi connectivity index (χ1v) is 9.54. The Bertz CT molecular complexity index is 531. The number of pyridine rings is 1. The summed E-state index contributed by atoms with van der Waals surface area (Å²) >= 11 is 0. The lowest BCUT2D eigenvalue weighted by Gasteiger charge is -2.38. The predicted octanol–water partition coefficient (Wildman–Crippen LogP) is 4.63. The van der Waals surface area contributed by atoms with E-state index in [4.69, 9.17) is 6.42 Å². The van der Waals surface area contributed by atoms with Crippen molar-refractivity contribution in [3.63, 3.8) is 0 Å². The van der Waals surface area contributed by atoms with E-state index in [1.165, 1.54) is 0 Å². The van der Waals surface area contributed by atoms with Crippen molar-refractivity contribution in [1.29, 1.82) is 0 Å². The van der Waals surface area contributed by atoms with E-state index >= 15 is 0 Å². The van der Waals surface area contributed by atoms with Crippen molar-refractivity contribution in [3.8, 4) is 23.8 Å². The minimum Gasteiger partial charge on any atom is -0.231 e. The lowest BCUT2D eigenvalue weighted by molar-refractivity contribution is 0.838. The topological polar surface area (TPSA) is 12.9 Å². The van der Waals surface area contributed by atoms with Crippen molar-refractivity contribution in [2.75, 3.05) is 0 Å². The molecule has 0 aliphatic carbocycles. The molecular weight excluding hydrogens is 258 g/mol. The van der Waals surface area contributed by atoms with Crippen molar-refractivity contribution in [2.45, 2.75) is 58.2 Å². The largest absolute Gasteiger partial charge is 0.231 e. The van der Waals surface area contributed by atoms with Crippen LogP contribution in [0.5, 0.6) is 0 Å². The third-order valence-electron chi connectivity index (χ3n) is 4.17. The van der Waals surface area contributed by atoms with Gasteiger partial charge in [0, 0.05) is 0 Å². The molecule has 0 saturated heterocycles. The van der Waals surface area contributed by atoms with E-state index in [1.54, 1.807) is 0 Å². The van der Waals surface area contributed by atoms with Crippen LogP contribution in [0.15, 0.2) is 18.2 Å². The molecule has 0 aliphatic rings. The Labute approximate surface area is 125 Å². The monoisotopic (exact) mass is 283 g/mol. The molecule has 0 fully saturated rings. The number of rotatable bonds is 3. The molecule has 1 rings (SSSR count). The van der Waals surface area contributed by atoms with Crippen LogP contribution in [0.4, 0.5) is 0 Å². The summed E-state index contributed by atoms with van der Waals surface area (Å²) in [6, 6.07) is 5.70. The van der Waals surface area contributed by atoms with Gasteiger partial charge in [0.15, 0.2) is 0 Å². The van der Waals surface area contributed by atoms with Gasteiger partial charge in [0.1, 0.15) is 19.5 Å². The average Bonchev–Trinajstić information content (AvgIpc) is 2.38. The number of hydrogen-bond donors (Lipinski definition) is 0. The number of terminal acetylenes is 1. The van der Waals surface area contributed by atoms with Crippen LogP contribution in [0, 0.1) is 23.8 Å². The lowest BCUT2D eigenvalue weighted by Crippen LogP contribution is -2.43. The second-order valence-corrected chi connectivity index (χ2v) is 11.8. The molecule has 0 unspecified atom stereocenters. The predicted molar refractivity (Wildman–Crippen MR) is 90.1 cm³/mol. The molecule has 1 heterocycles. The Morgan fingerprint density at radius 1 is 0.950 bits per heavy atom. The quantitative estimate of drug-likeness (QED) is 0.582. The highest BCUT2D eigenvalue weighted by Crippen LogP contribution is 2.40. The van der Waals surface area contributed by atoms with Crippen LogP contribution in [0.2, 0.25) is 16.6 Å². The summed E-state index contributed by atoms with van der Waals surface area (Å²) in [6.07, 6.45) is 5.39. The van der Waals surface area contributed by atoms with Crippen molar-refractivity contribution in [1.82, 2.24) is 4.98 Å². The van der Waals surface area contributed by atoms with Crippen molar-refractivity contribution < 1.29 is 0 Å². The van der Waals surface area contributed by atoms with E-state index in [9.17, 15) is 0 Å². The molecule has 20 heavy (non-hydrogen) atoms. The normalized spacial score (nSPS) is 11.4. The third kappa shape index (κ3) is 3.32. The molecule has 0 atom stereocenters. The second-order valence-electron chi connectivity index (χ2n) is 6.20. The van der Waals surface area contributed by atoms with Gasteiger partial charge in [0.05, 0.1) is 0 Å². The molecule has 0 N–H and O–H groups in total. The maximum absolute atomic E-state index is 5.39. The van der Waals surface area contributed by atoms with Gasteiger partial charge in [0.2, 0.25) is 0 Å². The Hall–Kier alpha value is -1.51. The zero-order valence-corrected chi connectivity index (χ0v) is 14.5. The molecule has 106 valence electrons. The summed E-state index contributed by atoms with van der Waals surface area (Å²) in [5.74, 6) is 5.87. The summed E-state index contributed by atoms with van der Waals surface area (Å²) in [4.78, 5) is 4.38. The first kappa shape index (κ1) is 16.5. The van der Waals surface area contributed by atoms with E-state index in [0.717, 1.165) is 5.69 Å². The van der Waals surface area contributed by atoms with E-state index in [1.807, 2.05) is 18.2 Å². The molecular formula is C18H25NSi. The molecule has 1 aromatic heterocycles. The van der Waals surface area contributed by atoms with Crippen LogP contribution in [-0.4, -0.2) is 13.1 Å². The first-order valence-electron chi connectivity index (χ1n) is 7.31. The van der Waals surface area contributed by atoms with Gasteiger partial charge in [-0.15, -0.1) is 12.0 Å². The Balaban J connectivity index is 3.27. The standard InChI is InChI=1S/C18H25NSi/c1-8-17-10-9-11-18(19-17)12-13-20(14(2)3,15(4)5)16(6)7/h1,9-11,14-16H,2-7H3. The maximum Gasteiger partial charge on any atom is 0.146 e. The number of hydrogen-bond acceptors (Lipinski definition) is 1. The van der Waals surface area contributed by atoms with Gasteiger partial charge in [-0.1, -0.05) is 59.4 Å². The minimum absolute atomic E-state index is 0.630. The number of aromatic nitrogens is 1. The van der Waals surface area contributed by atoms with Gasteiger partial charge in [0.25, 0.3) is 0 Å². The van der Waals surface area contributed by atoms with Crippen molar-refractivity contribution >= 4 is 8.07 Å². The summed E-state index contributed by atoms with van der Waals surface area (Å²) in [5.41, 5.74) is 6.99. The molecule has 0 aliphatic heterocycles. The zero-order chi connectivity index (χ0) is 15.3. The third-order valence-corrected chi connectivity index (χ3v) is 10.5. The van der Waals surface area contributed by atoms with E-state index in [-0.39, 0.29) is 0 Å². The van der Waals surface area contributed by atoms with Crippen LogP contribution < -0.4 is 0 Å². The lowest BCUT2D eigenvalue weighted by atomic mass is 10.3. The van der Waals surface area contributed by atoms with Gasteiger partial charge >= 0.3 is 0 Å². The average molecular weight is 283 g/mol. The van der Waals surface area contributed by atoms with Crippen LogP contribution in [0.3, 0.4) is 0 Å². The highest BCUT2D eigenvalue weighted by atomic mass is 28.3. The summed E-state index contributed by atoms with van der Waals surface area (Å²) in [5, 5.41) is 0. The minimum atomic E-state index is -1.69. The molecule has 0 spiro atoms. The molecule has 0 radical (unpaired) electrons. The van der Waals surface area contributed by atoms with Crippen LogP contribution in [-0.2, 0) is 0 Å². The van der Waals surface area contributed by atoms with Crippen LogP contribution >= 0.6 is 0 Å². The van der Waals surface area contributed by atoms with Gasteiger partial charge < -0.3 is 0 Å². The van der Waals surface area contributed by atoms with Gasteiger partial charge in [-0.05, 0) is 28.8 Å². The Morgan fingerprint density at radius 3 is 1.90 bits per heavy atom.